The van der Waals surface area contributed by atoms with Gasteiger partial charge in [-0.1, -0.05) is 17.7 Å². The first-order valence-corrected chi connectivity index (χ1v) is 8.64. The third-order valence-electron chi connectivity index (χ3n) is 4.43. The third-order valence-corrected chi connectivity index (χ3v) is 4.54. The normalized spacial score (nSPS) is 17.6. The van der Waals surface area contributed by atoms with Crippen LogP contribution in [0, 0.1) is 0 Å². The molecule has 0 saturated carbocycles. The van der Waals surface area contributed by atoms with Crippen molar-refractivity contribution in [3.05, 3.63) is 52.1 Å². The molecule has 1 aliphatic rings. The molecule has 1 atom stereocenters. The molecule has 1 aromatic rings. The van der Waals surface area contributed by atoms with E-state index in [0.29, 0.717) is 23.6 Å². The van der Waals surface area contributed by atoms with Gasteiger partial charge in [0.25, 0.3) is 0 Å². The number of methoxy groups -OCH3 is 2. The van der Waals surface area contributed by atoms with E-state index in [1.54, 1.807) is 25.3 Å². The number of piperidine rings is 1. The fourth-order valence-corrected chi connectivity index (χ4v) is 3.33. The molecule has 1 unspecified atom stereocenters. The highest BCUT2D eigenvalue weighted by Gasteiger charge is 2.26. The zero-order chi connectivity index (χ0) is 19.3. The lowest BCUT2D eigenvalue weighted by molar-refractivity contribution is 0.0600. The van der Waals surface area contributed by atoms with Crippen molar-refractivity contribution in [2.45, 2.75) is 18.8 Å². The number of nitrogens with two attached hydrogens (primary N) is 3. The first kappa shape index (κ1) is 19.8. The van der Waals surface area contributed by atoms with Crippen LogP contribution in [0.4, 0.5) is 0 Å². The van der Waals surface area contributed by atoms with E-state index in [4.69, 9.17) is 38.3 Å². The van der Waals surface area contributed by atoms with E-state index < -0.39 is 5.97 Å². The summed E-state index contributed by atoms with van der Waals surface area (Å²) in [7, 11) is 2.93. The summed E-state index contributed by atoms with van der Waals surface area (Å²) in [5.74, 6) is 0.606. The Morgan fingerprint density at radius 3 is 2.62 bits per heavy atom. The monoisotopic (exact) mass is 380 g/mol. The summed E-state index contributed by atoms with van der Waals surface area (Å²) in [6.07, 6.45) is 3.48. The summed E-state index contributed by atoms with van der Waals surface area (Å²) in [4.78, 5) is 13.8. The molecule has 1 heterocycles. The highest BCUT2D eigenvalue weighted by molar-refractivity contribution is 6.29. The van der Waals surface area contributed by atoms with Gasteiger partial charge in [0.1, 0.15) is 16.7 Å². The first-order valence-electron chi connectivity index (χ1n) is 8.26. The van der Waals surface area contributed by atoms with Crippen molar-refractivity contribution >= 4 is 17.6 Å². The molecule has 0 amide bonds. The van der Waals surface area contributed by atoms with Gasteiger partial charge in [0.15, 0.2) is 0 Å². The highest BCUT2D eigenvalue weighted by atomic mass is 35.5. The van der Waals surface area contributed by atoms with E-state index in [9.17, 15) is 4.79 Å². The van der Waals surface area contributed by atoms with Gasteiger partial charge in [-0.05, 0) is 36.6 Å². The van der Waals surface area contributed by atoms with Crippen LogP contribution in [-0.4, -0.2) is 38.2 Å². The number of carbonyl (C=O) groups excluding carboxylic acids is 1. The van der Waals surface area contributed by atoms with Crippen molar-refractivity contribution < 1.29 is 14.3 Å². The van der Waals surface area contributed by atoms with Gasteiger partial charge < -0.3 is 31.6 Å². The SMILES string of the molecule is COC(=O)c1ccc(C2CCCN(C(/C=C(\N)Cl)=C(N)N)C2)c(OC)c1. The van der Waals surface area contributed by atoms with Crippen molar-refractivity contribution in [2.75, 3.05) is 27.3 Å². The Morgan fingerprint density at radius 1 is 1.31 bits per heavy atom. The number of ether oxygens (including phenoxy) is 2. The van der Waals surface area contributed by atoms with Crippen LogP contribution in [0.2, 0.25) is 0 Å². The minimum atomic E-state index is -0.399. The predicted octanol–water partition coefficient (Wildman–Crippen LogP) is 1.79. The molecule has 2 rings (SSSR count). The lowest BCUT2D eigenvalue weighted by Crippen LogP contribution is -2.36. The number of hydrogen-bond acceptors (Lipinski definition) is 7. The van der Waals surface area contributed by atoms with Crippen LogP contribution in [0.25, 0.3) is 0 Å². The Kier molecular flexibility index (Phi) is 6.63. The standard InChI is InChI=1S/C18H25ClN4O3/c1-25-15-8-11(18(24)26-2)5-6-13(15)12-4-3-7-23(10-12)14(17(21)22)9-16(19)20/h5-6,8-9,12H,3-4,7,10,20-22H2,1-2H3/b16-9-. The molecule has 1 fully saturated rings. The zero-order valence-electron chi connectivity index (χ0n) is 15.0. The van der Waals surface area contributed by atoms with Gasteiger partial charge in [-0.25, -0.2) is 4.79 Å². The topological polar surface area (TPSA) is 117 Å². The number of likely N-dealkylation sites (tertiary alicyclic amines) is 1. The molecule has 0 bridgehead atoms. The zero-order valence-corrected chi connectivity index (χ0v) is 15.8. The van der Waals surface area contributed by atoms with Gasteiger partial charge in [-0.3, -0.25) is 0 Å². The summed E-state index contributed by atoms with van der Waals surface area (Å²) in [5, 5.41) is 0.121. The largest absolute Gasteiger partial charge is 0.496 e. The van der Waals surface area contributed by atoms with E-state index in [-0.39, 0.29) is 16.9 Å². The molecule has 8 heteroatoms. The molecular formula is C18H25ClN4O3. The molecule has 1 saturated heterocycles. The summed E-state index contributed by atoms with van der Waals surface area (Å²) >= 11 is 5.80. The van der Waals surface area contributed by atoms with Crippen LogP contribution in [-0.2, 0) is 4.74 Å². The van der Waals surface area contributed by atoms with Crippen molar-refractivity contribution in [3.8, 4) is 5.75 Å². The van der Waals surface area contributed by atoms with Gasteiger partial charge >= 0.3 is 5.97 Å². The number of benzene rings is 1. The van der Waals surface area contributed by atoms with E-state index in [0.717, 1.165) is 24.9 Å². The van der Waals surface area contributed by atoms with Gasteiger partial charge in [0, 0.05) is 19.0 Å². The summed E-state index contributed by atoms with van der Waals surface area (Å²) in [5.41, 5.74) is 19.3. The molecule has 7 nitrogen and oxygen atoms in total. The smallest absolute Gasteiger partial charge is 0.337 e. The van der Waals surface area contributed by atoms with Gasteiger partial charge in [0.2, 0.25) is 0 Å². The van der Waals surface area contributed by atoms with Crippen molar-refractivity contribution in [2.24, 2.45) is 17.2 Å². The Balaban J connectivity index is 2.30. The minimum absolute atomic E-state index is 0.121. The maximum Gasteiger partial charge on any atom is 0.337 e. The Morgan fingerprint density at radius 2 is 2.04 bits per heavy atom. The second kappa shape index (κ2) is 8.71. The van der Waals surface area contributed by atoms with Gasteiger partial charge in [0.05, 0.1) is 25.5 Å². The second-order valence-electron chi connectivity index (χ2n) is 6.10. The predicted molar refractivity (Wildman–Crippen MR) is 101 cm³/mol. The van der Waals surface area contributed by atoms with Crippen LogP contribution in [0.15, 0.2) is 40.9 Å². The highest BCUT2D eigenvalue weighted by Crippen LogP contribution is 2.35. The fraction of sp³-hybridized carbons (Fsp3) is 0.389. The van der Waals surface area contributed by atoms with Crippen LogP contribution >= 0.6 is 11.6 Å². The minimum Gasteiger partial charge on any atom is -0.496 e. The molecule has 1 aliphatic heterocycles. The Hall–Kier alpha value is -2.54. The maximum atomic E-state index is 11.7. The number of halogens is 1. The average Bonchev–Trinajstić information content (AvgIpc) is 2.64. The molecule has 0 aromatic heterocycles. The number of esters is 1. The van der Waals surface area contributed by atoms with E-state index in [1.165, 1.54) is 7.11 Å². The van der Waals surface area contributed by atoms with Crippen LogP contribution < -0.4 is 21.9 Å². The van der Waals surface area contributed by atoms with Crippen LogP contribution in [0.3, 0.4) is 0 Å². The molecule has 26 heavy (non-hydrogen) atoms. The second-order valence-corrected chi connectivity index (χ2v) is 6.54. The van der Waals surface area contributed by atoms with Gasteiger partial charge in [-0.2, -0.15) is 0 Å². The number of rotatable bonds is 5. The maximum absolute atomic E-state index is 11.7. The summed E-state index contributed by atoms with van der Waals surface area (Å²) in [6.45, 7) is 1.48. The van der Waals surface area contributed by atoms with Crippen molar-refractivity contribution in [3.63, 3.8) is 0 Å². The average molecular weight is 381 g/mol. The number of nitrogens with zero attached hydrogens (tertiary/aromatic N) is 1. The fourth-order valence-electron chi connectivity index (χ4n) is 3.23. The lowest BCUT2D eigenvalue weighted by atomic mass is 9.89. The Bertz CT molecular complexity index is 725. The van der Waals surface area contributed by atoms with Crippen LogP contribution in [0.1, 0.15) is 34.7 Å². The van der Waals surface area contributed by atoms with Gasteiger partial charge in [-0.15, -0.1) is 0 Å². The quantitative estimate of drug-likeness (QED) is 0.405. The molecule has 0 aliphatic carbocycles. The molecular weight excluding hydrogens is 356 g/mol. The van der Waals surface area contributed by atoms with E-state index in [2.05, 4.69) is 4.90 Å². The number of allylic oxidation sites excluding steroid dienone is 1. The summed E-state index contributed by atoms with van der Waals surface area (Å²) < 4.78 is 10.3. The molecule has 0 radical (unpaired) electrons. The molecule has 6 N–H and O–H groups in total. The molecule has 0 spiro atoms. The van der Waals surface area contributed by atoms with E-state index in [1.807, 2.05) is 6.07 Å². The molecule has 142 valence electrons. The van der Waals surface area contributed by atoms with E-state index >= 15 is 0 Å². The van der Waals surface area contributed by atoms with Crippen molar-refractivity contribution in [1.82, 2.24) is 4.90 Å². The Labute approximate surface area is 158 Å². The number of hydrogen-bond donors (Lipinski definition) is 3. The first-order chi connectivity index (χ1) is 12.4. The number of carbonyl (C=O) groups is 1. The summed E-state index contributed by atoms with van der Waals surface area (Å²) in [6, 6.07) is 5.35. The molecule has 1 aromatic carbocycles. The lowest BCUT2D eigenvalue weighted by Gasteiger charge is -2.36. The third kappa shape index (κ3) is 4.54. The van der Waals surface area contributed by atoms with Crippen molar-refractivity contribution in [1.29, 1.82) is 0 Å². The van der Waals surface area contributed by atoms with Crippen LogP contribution in [0.5, 0.6) is 5.75 Å².